The van der Waals surface area contributed by atoms with E-state index in [1.54, 1.807) is 13.2 Å². The molecule has 0 bridgehead atoms. The van der Waals surface area contributed by atoms with Gasteiger partial charge < -0.3 is 10.5 Å². The highest BCUT2D eigenvalue weighted by molar-refractivity contribution is 7.85. The van der Waals surface area contributed by atoms with Crippen LogP contribution in [-0.2, 0) is 15.5 Å². The van der Waals surface area contributed by atoms with Gasteiger partial charge in [-0.1, -0.05) is 6.92 Å². The monoisotopic (exact) mass is 245 g/mol. The predicted molar refractivity (Wildman–Crippen MR) is 63.2 cm³/mol. The third kappa shape index (κ3) is 3.57. The van der Waals surface area contributed by atoms with Gasteiger partial charge in [0.05, 0.1) is 10.8 Å². The molecule has 2 unspecified atom stereocenters. The molecule has 1 aromatic carbocycles. The van der Waals surface area contributed by atoms with Gasteiger partial charge in [-0.05, 0) is 24.6 Å². The molecule has 0 saturated carbocycles. The Morgan fingerprint density at radius 3 is 2.75 bits per heavy atom. The van der Waals surface area contributed by atoms with Crippen molar-refractivity contribution >= 4 is 16.5 Å². The molecule has 1 aromatic rings. The normalized spacial score (nSPS) is 14.7. The Morgan fingerprint density at radius 1 is 1.50 bits per heavy atom. The van der Waals surface area contributed by atoms with E-state index in [1.165, 1.54) is 12.1 Å². The fourth-order valence-corrected chi connectivity index (χ4v) is 2.58. The number of nitrogen functional groups attached to an aromatic ring is 1. The van der Waals surface area contributed by atoms with E-state index < -0.39 is 16.6 Å². The van der Waals surface area contributed by atoms with E-state index in [0.29, 0.717) is 23.6 Å². The van der Waals surface area contributed by atoms with Gasteiger partial charge in [-0.25, -0.2) is 4.39 Å². The van der Waals surface area contributed by atoms with Gasteiger partial charge in [0.15, 0.2) is 0 Å². The third-order valence-corrected chi connectivity index (χ3v) is 3.89. The molecule has 5 heteroatoms. The van der Waals surface area contributed by atoms with Crippen LogP contribution in [0, 0.1) is 5.82 Å². The SMILES string of the molecule is COCCC(C)S(=O)c1cc(N)cc(F)c1. The average Bonchev–Trinajstić information content (AvgIpc) is 2.23. The molecule has 0 aliphatic carbocycles. The number of benzene rings is 1. The summed E-state index contributed by atoms with van der Waals surface area (Å²) in [6.45, 7) is 2.38. The van der Waals surface area contributed by atoms with Gasteiger partial charge >= 0.3 is 0 Å². The molecule has 1 rings (SSSR count). The molecule has 16 heavy (non-hydrogen) atoms. The quantitative estimate of drug-likeness (QED) is 0.807. The highest BCUT2D eigenvalue weighted by atomic mass is 32.2. The average molecular weight is 245 g/mol. The molecule has 0 aliphatic rings. The second-order valence-electron chi connectivity index (χ2n) is 3.61. The summed E-state index contributed by atoms with van der Waals surface area (Å²) in [5, 5.41) is -0.0823. The van der Waals surface area contributed by atoms with Crippen molar-refractivity contribution in [2.24, 2.45) is 0 Å². The molecule has 0 amide bonds. The lowest BCUT2D eigenvalue weighted by atomic mass is 10.3. The first kappa shape index (κ1) is 13.1. The van der Waals surface area contributed by atoms with Gasteiger partial charge in [-0.2, -0.15) is 0 Å². The Balaban J connectivity index is 2.79. The number of nitrogens with two attached hydrogens (primary N) is 1. The highest BCUT2D eigenvalue weighted by Gasteiger charge is 2.14. The molecule has 0 spiro atoms. The number of halogens is 1. The van der Waals surface area contributed by atoms with Gasteiger partial charge in [-0.15, -0.1) is 0 Å². The lowest BCUT2D eigenvalue weighted by molar-refractivity contribution is 0.195. The molecule has 90 valence electrons. The fourth-order valence-electron chi connectivity index (χ4n) is 1.32. The van der Waals surface area contributed by atoms with Crippen molar-refractivity contribution in [1.82, 2.24) is 0 Å². The molecule has 0 aromatic heterocycles. The number of anilines is 1. The Bertz CT molecular complexity index is 364. The Kier molecular flexibility index (Phi) is 4.89. The van der Waals surface area contributed by atoms with Crippen molar-refractivity contribution in [2.75, 3.05) is 19.5 Å². The lowest BCUT2D eigenvalue weighted by Gasteiger charge is -2.11. The minimum absolute atomic E-state index is 0.0823. The summed E-state index contributed by atoms with van der Waals surface area (Å²) in [7, 11) is 0.343. The van der Waals surface area contributed by atoms with E-state index in [9.17, 15) is 8.60 Å². The maximum atomic E-state index is 13.1. The summed E-state index contributed by atoms with van der Waals surface area (Å²) in [4.78, 5) is 0.432. The van der Waals surface area contributed by atoms with Crippen molar-refractivity contribution in [3.63, 3.8) is 0 Å². The second kappa shape index (κ2) is 5.96. The van der Waals surface area contributed by atoms with E-state index >= 15 is 0 Å². The van der Waals surface area contributed by atoms with Crippen molar-refractivity contribution in [3.8, 4) is 0 Å². The molecule has 2 N–H and O–H groups in total. The molecule has 0 heterocycles. The van der Waals surface area contributed by atoms with Crippen LogP contribution in [0.15, 0.2) is 23.1 Å². The predicted octanol–water partition coefficient (Wildman–Crippen LogP) is 1.94. The van der Waals surface area contributed by atoms with Crippen molar-refractivity contribution in [3.05, 3.63) is 24.0 Å². The maximum absolute atomic E-state index is 13.1. The van der Waals surface area contributed by atoms with Crippen molar-refractivity contribution in [2.45, 2.75) is 23.5 Å². The first-order chi connectivity index (χ1) is 7.54. The number of rotatable bonds is 5. The molecular formula is C11H16FNO2S. The fraction of sp³-hybridized carbons (Fsp3) is 0.455. The number of methoxy groups -OCH3 is 1. The molecule has 0 aliphatic heterocycles. The molecule has 0 radical (unpaired) electrons. The molecule has 2 atom stereocenters. The van der Waals surface area contributed by atoms with E-state index in [-0.39, 0.29) is 5.25 Å². The van der Waals surface area contributed by atoms with Crippen LogP contribution in [0.5, 0.6) is 0 Å². The smallest absolute Gasteiger partial charge is 0.126 e. The Labute approximate surface area is 97.2 Å². The third-order valence-electron chi connectivity index (χ3n) is 2.22. The van der Waals surface area contributed by atoms with E-state index in [1.807, 2.05) is 6.92 Å². The zero-order valence-electron chi connectivity index (χ0n) is 9.40. The van der Waals surface area contributed by atoms with Gasteiger partial charge in [0.25, 0.3) is 0 Å². The van der Waals surface area contributed by atoms with Crippen molar-refractivity contribution in [1.29, 1.82) is 0 Å². The summed E-state index contributed by atoms with van der Waals surface area (Å²) in [6, 6.07) is 4.01. The molecule has 0 saturated heterocycles. The molecule has 0 fully saturated rings. The van der Waals surface area contributed by atoms with E-state index in [4.69, 9.17) is 10.5 Å². The van der Waals surface area contributed by atoms with E-state index in [2.05, 4.69) is 0 Å². The van der Waals surface area contributed by atoms with Crippen LogP contribution in [-0.4, -0.2) is 23.2 Å². The Morgan fingerprint density at radius 2 is 2.19 bits per heavy atom. The zero-order chi connectivity index (χ0) is 12.1. The van der Waals surface area contributed by atoms with Gasteiger partial charge in [0, 0.05) is 29.5 Å². The maximum Gasteiger partial charge on any atom is 0.126 e. The van der Waals surface area contributed by atoms with Gasteiger partial charge in [0.2, 0.25) is 0 Å². The first-order valence-electron chi connectivity index (χ1n) is 5.00. The summed E-state index contributed by atoms with van der Waals surface area (Å²) < 4.78 is 30.0. The first-order valence-corrected chi connectivity index (χ1v) is 6.21. The van der Waals surface area contributed by atoms with Crippen LogP contribution in [0.1, 0.15) is 13.3 Å². The van der Waals surface area contributed by atoms with Crippen LogP contribution in [0.4, 0.5) is 10.1 Å². The number of hydrogen-bond acceptors (Lipinski definition) is 3. The number of ether oxygens (including phenoxy) is 1. The molecular weight excluding hydrogens is 229 g/mol. The minimum atomic E-state index is -1.25. The summed E-state index contributed by atoms with van der Waals surface area (Å²) in [6.07, 6.45) is 0.666. The summed E-state index contributed by atoms with van der Waals surface area (Å²) >= 11 is 0. The standard InChI is InChI=1S/C11H16FNO2S/c1-8(3-4-15-2)16(14)11-6-9(12)5-10(13)7-11/h5-8H,3-4,13H2,1-2H3. The second-order valence-corrected chi connectivity index (χ2v) is 5.48. The van der Waals surface area contributed by atoms with Crippen LogP contribution in [0.2, 0.25) is 0 Å². The lowest BCUT2D eigenvalue weighted by Crippen LogP contribution is -2.13. The molecule has 3 nitrogen and oxygen atoms in total. The van der Waals surface area contributed by atoms with Gasteiger partial charge in [0.1, 0.15) is 5.82 Å². The van der Waals surface area contributed by atoms with Crippen molar-refractivity contribution < 1.29 is 13.3 Å². The van der Waals surface area contributed by atoms with Crippen LogP contribution < -0.4 is 5.73 Å². The topological polar surface area (TPSA) is 52.3 Å². The van der Waals surface area contributed by atoms with Crippen LogP contribution in [0.3, 0.4) is 0 Å². The summed E-state index contributed by atoms with van der Waals surface area (Å²) in [5.74, 6) is -0.456. The summed E-state index contributed by atoms with van der Waals surface area (Å²) in [5.41, 5.74) is 5.79. The van der Waals surface area contributed by atoms with E-state index in [0.717, 1.165) is 0 Å². The highest BCUT2D eigenvalue weighted by Crippen LogP contribution is 2.18. The van der Waals surface area contributed by atoms with Gasteiger partial charge in [-0.3, -0.25) is 4.21 Å². The number of hydrogen-bond donors (Lipinski definition) is 1. The van der Waals surface area contributed by atoms with Crippen LogP contribution >= 0.6 is 0 Å². The Hall–Kier alpha value is -0.940. The van der Waals surface area contributed by atoms with Crippen LogP contribution in [0.25, 0.3) is 0 Å². The zero-order valence-corrected chi connectivity index (χ0v) is 10.2. The largest absolute Gasteiger partial charge is 0.399 e. The minimum Gasteiger partial charge on any atom is -0.399 e.